The number of benzene rings is 1. The minimum atomic E-state index is -1.09. The lowest BCUT2D eigenvalue weighted by Gasteiger charge is -2.25. The number of nitrogens with zero attached hydrogens (tertiary/aromatic N) is 1. The number of primary amides is 1. The van der Waals surface area contributed by atoms with Gasteiger partial charge in [-0.2, -0.15) is 0 Å². The lowest BCUT2D eigenvalue weighted by molar-refractivity contribution is -0.131. The van der Waals surface area contributed by atoms with Gasteiger partial charge in [-0.25, -0.2) is 9.18 Å². The summed E-state index contributed by atoms with van der Waals surface area (Å²) in [5.41, 5.74) is 6.07. The first-order chi connectivity index (χ1) is 9.79. The van der Waals surface area contributed by atoms with Crippen LogP contribution in [-0.4, -0.2) is 34.5 Å². The van der Waals surface area contributed by atoms with E-state index in [1.807, 2.05) is 13.8 Å². The molecular formula is C15H19FN2O3. The van der Waals surface area contributed by atoms with Crippen molar-refractivity contribution in [3.63, 3.8) is 0 Å². The fourth-order valence-electron chi connectivity index (χ4n) is 1.80. The molecule has 0 aliphatic carbocycles. The molecule has 0 aromatic heterocycles. The molecule has 0 spiro atoms. The number of halogens is 1. The van der Waals surface area contributed by atoms with Crippen molar-refractivity contribution >= 4 is 18.0 Å². The van der Waals surface area contributed by atoms with Crippen LogP contribution < -0.4 is 5.73 Å². The largest absolute Gasteiger partial charge is 0.478 e. The summed E-state index contributed by atoms with van der Waals surface area (Å²) in [6.45, 7) is 4.10. The number of carbonyl (C=O) groups excluding carboxylic acids is 1. The third kappa shape index (κ3) is 5.74. The first-order valence-electron chi connectivity index (χ1n) is 6.51. The second-order valence-electron chi connectivity index (χ2n) is 4.99. The van der Waals surface area contributed by atoms with Crippen LogP contribution in [0.3, 0.4) is 0 Å². The summed E-state index contributed by atoms with van der Waals surface area (Å²) in [6.07, 6.45) is 2.26. The zero-order chi connectivity index (χ0) is 16.0. The quantitative estimate of drug-likeness (QED) is 0.748. The van der Waals surface area contributed by atoms with Crippen LogP contribution in [0.2, 0.25) is 0 Å². The first kappa shape index (κ1) is 16.8. The van der Waals surface area contributed by atoms with Gasteiger partial charge in [0.2, 0.25) is 5.91 Å². The van der Waals surface area contributed by atoms with Crippen molar-refractivity contribution in [2.45, 2.75) is 26.4 Å². The highest BCUT2D eigenvalue weighted by molar-refractivity contribution is 5.85. The second kappa shape index (κ2) is 7.54. The van der Waals surface area contributed by atoms with Gasteiger partial charge < -0.3 is 10.8 Å². The summed E-state index contributed by atoms with van der Waals surface area (Å²) < 4.78 is 14.0. The van der Waals surface area contributed by atoms with E-state index in [0.717, 1.165) is 6.08 Å². The number of rotatable bonds is 7. The van der Waals surface area contributed by atoms with Crippen molar-refractivity contribution in [3.8, 4) is 0 Å². The summed E-state index contributed by atoms with van der Waals surface area (Å²) in [5.74, 6) is -2.00. The molecule has 0 saturated carbocycles. The van der Waals surface area contributed by atoms with Gasteiger partial charge >= 0.3 is 5.97 Å². The molecule has 0 unspecified atom stereocenters. The third-order valence-electron chi connectivity index (χ3n) is 2.96. The molecular weight excluding hydrogens is 275 g/mol. The second-order valence-corrected chi connectivity index (χ2v) is 4.99. The Balaban J connectivity index is 2.88. The number of hydrogen-bond donors (Lipinski definition) is 2. The van der Waals surface area contributed by atoms with E-state index < -0.39 is 17.7 Å². The molecule has 0 bridgehead atoms. The number of hydrogen-bond acceptors (Lipinski definition) is 3. The van der Waals surface area contributed by atoms with Crippen LogP contribution in [-0.2, 0) is 16.1 Å². The van der Waals surface area contributed by atoms with Crippen molar-refractivity contribution in [1.29, 1.82) is 0 Å². The van der Waals surface area contributed by atoms with Gasteiger partial charge in [0.25, 0.3) is 0 Å². The SMILES string of the molecule is CC(C)N(CC(N)=O)Cc1ccc(C=CC(=O)O)cc1F. The summed E-state index contributed by atoms with van der Waals surface area (Å²) in [7, 11) is 0. The summed E-state index contributed by atoms with van der Waals surface area (Å²) >= 11 is 0. The normalized spacial score (nSPS) is 11.5. The molecule has 0 atom stereocenters. The van der Waals surface area contributed by atoms with E-state index in [4.69, 9.17) is 10.8 Å². The average Bonchev–Trinajstić information content (AvgIpc) is 2.37. The van der Waals surface area contributed by atoms with E-state index in [1.54, 1.807) is 17.0 Å². The Morgan fingerprint density at radius 3 is 2.57 bits per heavy atom. The number of nitrogens with two attached hydrogens (primary N) is 1. The predicted octanol–water partition coefficient (Wildman–Crippen LogP) is 1.62. The smallest absolute Gasteiger partial charge is 0.328 e. The molecule has 0 aliphatic rings. The van der Waals surface area contributed by atoms with Crippen molar-refractivity contribution in [2.24, 2.45) is 5.73 Å². The molecule has 0 radical (unpaired) electrons. The Bertz CT molecular complexity index is 556. The van der Waals surface area contributed by atoms with Crippen LogP contribution in [0.1, 0.15) is 25.0 Å². The molecule has 6 heteroatoms. The minimum absolute atomic E-state index is 0.0449. The van der Waals surface area contributed by atoms with Crippen LogP contribution >= 0.6 is 0 Å². The van der Waals surface area contributed by atoms with Gasteiger partial charge in [0, 0.05) is 24.2 Å². The minimum Gasteiger partial charge on any atom is -0.478 e. The number of carboxylic acids is 1. The zero-order valence-corrected chi connectivity index (χ0v) is 12.0. The lowest BCUT2D eigenvalue weighted by Crippen LogP contribution is -2.38. The van der Waals surface area contributed by atoms with E-state index >= 15 is 0 Å². The molecule has 0 fully saturated rings. The van der Waals surface area contributed by atoms with Gasteiger partial charge in [-0.05, 0) is 31.6 Å². The summed E-state index contributed by atoms with van der Waals surface area (Å²) in [5, 5.41) is 8.53. The Kier molecular flexibility index (Phi) is 6.05. The molecule has 3 N–H and O–H groups in total. The highest BCUT2D eigenvalue weighted by atomic mass is 19.1. The Morgan fingerprint density at radius 2 is 2.10 bits per heavy atom. The topological polar surface area (TPSA) is 83.6 Å². The number of carboxylic acid groups (broad SMARTS) is 1. The van der Waals surface area contributed by atoms with E-state index in [2.05, 4.69) is 0 Å². The zero-order valence-electron chi connectivity index (χ0n) is 12.0. The van der Waals surface area contributed by atoms with Gasteiger partial charge in [-0.15, -0.1) is 0 Å². The lowest BCUT2D eigenvalue weighted by atomic mass is 10.1. The van der Waals surface area contributed by atoms with Crippen LogP contribution in [0, 0.1) is 5.82 Å². The van der Waals surface area contributed by atoms with Crippen LogP contribution in [0.5, 0.6) is 0 Å². The summed E-state index contributed by atoms with van der Waals surface area (Å²) in [6, 6.07) is 4.51. The van der Waals surface area contributed by atoms with Gasteiger partial charge in [0.1, 0.15) is 5.82 Å². The van der Waals surface area contributed by atoms with Crippen molar-refractivity contribution in [2.75, 3.05) is 6.54 Å². The molecule has 1 aromatic carbocycles. The van der Waals surface area contributed by atoms with Crippen LogP contribution in [0.15, 0.2) is 24.3 Å². The molecule has 0 aliphatic heterocycles. The predicted molar refractivity (Wildman–Crippen MR) is 77.8 cm³/mol. The van der Waals surface area contributed by atoms with Crippen LogP contribution in [0.4, 0.5) is 4.39 Å². The van der Waals surface area contributed by atoms with E-state index in [9.17, 15) is 14.0 Å². The maximum absolute atomic E-state index is 14.0. The highest BCUT2D eigenvalue weighted by Gasteiger charge is 2.15. The Labute approximate surface area is 122 Å². The summed E-state index contributed by atoms with van der Waals surface area (Å²) in [4.78, 5) is 23.2. The third-order valence-corrected chi connectivity index (χ3v) is 2.96. The number of carbonyl (C=O) groups is 2. The van der Waals surface area contributed by atoms with E-state index in [0.29, 0.717) is 11.1 Å². The fraction of sp³-hybridized carbons (Fsp3) is 0.333. The van der Waals surface area contributed by atoms with Crippen molar-refractivity contribution in [1.82, 2.24) is 4.90 Å². The Hall–Kier alpha value is -2.21. The monoisotopic (exact) mass is 294 g/mol. The molecule has 0 saturated heterocycles. The maximum atomic E-state index is 14.0. The van der Waals surface area contributed by atoms with E-state index in [-0.39, 0.29) is 19.1 Å². The van der Waals surface area contributed by atoms with Gasteiger partial charge in [0.15, 0.2) is 0 Å². The van der Waals surface area contributed by atoms with Crippen LogP contribution in [0.25, 0.3) is 6.08 Å². The van der Waals surface area contributed by atoms with Gasteiger partial charge in [-0.1, -0.05) is 12.1 Å². The van der Waals surface area contributed by atoms with Crippen molar-refractivity contribution in [3.05, 3.63) is 41.2 Å². The van der Waals surface area contributed by atoms with Gasteiger partial charge in [-0.3, -0.25) is 9.69 Å². The molecule has 0 heterocycles. The molecule has 1 aromatic rings. The van der Waals surface area contributed by atoms with Crippen molar-refractivity contribution < 1.29 is 19.1 Å². The molecule has 1 rings (SSSR count). The number of amides is 1. The molecule has 5 nitrogen and oxygen atoms in total. The van der Waals surface area contributed by atoms with Gasteiger partial charge in [0.05, 0.1) is 6.54 Å². The standard InChI is InChI=1S/C15H19FN2O3/c1-10(2)18(9-14(17)19)8-12-5-3-11(7-13(12)16)4-6-15(20)21/h3-7,10H,8-9H2,1-2H3,(H2,17,19)(H,20,21). The fourth-order valence-corrected chi connectivity index (χ4v) is 1.80. The Morgan fingerprint density at radius 1 is 1.43 bits per heavy atom. The maximum Gasteiger partial charge on any atom is 0.328 e. The first-order valence-corrected chi connectivity index (χ1v) is 6.51. The molecule has 1 amide bonds. The molecule has 21 heavy (non-hydrogen) atoms. The number of aliphatic carboxylic acids is 1. The highest BCUT2D eigenvalue weighted by Crippen LogP contribution is 2.15. The molecule has 114 valence electrons. The average molecular weight is 294 g/mol. The van der Waals surface area contributed by atoms with E-state index in [1.165, 1.54) is 12.1 Å².